The van der Waals surface area contributed by atoms with Gasteiger partial charge in [-0.15, -0.1) is 0 Å². The molecular weight excluding hydrogens is 286 g/mol. The van der Waals surface area contributed by atoms with E-state index < -0.39 is 10.0 Å². The number of sulfonamides is 1. The van der Waals surface area contributed by atoms with Crippen LogP contribution < -0.4 is 10.0 Å². The summed E-state index contributed by atoms with van der Waals surface area (Å²) in [6, 6.07) is 3.45. The highest BCUT2D eigenvalue weighted by Gasteiger charge is 2.24. The maximum atomic E-state index is 12.5. The molecule has 1 heterocycles. The number of hydrogen-bond acceptors (Lipinski definition) is 4. The maximum absolute atomic E-state index is 12.5. The molecule has 120 valence electrons. The highest BCUT2D eigenvalue weighted by molar-refractivity contribution is 7.89. The van der Waals surface area contributed by atoms with Crippen LogP contribution in [0.2, 0.25) is 0 Å². The van der Waals surface area contributed by atoms with Gasteiger partial charge in [-0.3, -0.25) is 0 Å². The summed E-state index contributed by atoms with van der Waals surface area (Å²) in [4.78, 5) is 4.02. The Bertz CT molecular complexity index is 534. The molecule has 0 amide bonds. The van der Waals surface area contributed by atoms with Crippen molar-refractivity contribution in [3.8, 4) is 0 Å². The molecule has 0 radical (unpaired) electrons. The first-order chi connectivity index (χ1) is 9.79. The number of hydrogen-bond donors (Lipinski definition) is 2. The van der Waals surface area contributed by atoms with Gasteiger partial charge < -0.3 is 5.32 Å². The third-order valence-electron chi connectivity index (χ3n) is 3.61. The largest absolute Gasteiger partial charge is 0.383 e. The third kappa shape index (κ3) is 4.97. The first-order valence-electron chi connectivity index (χ1n) is 7.48. The minimum absolute atomic E-state index is 0.0677. The summed E-state index contributed by atoms with van der Waals surface area (Å²) >= 11 is 0. The second kappa shape index (κ2) is 7.75. The van der Waals surface area contributed by atoms with E-state index in [4.69, 9.17) is 0 Å². The van der Waals surface area contributed by atoms with Crippen LogP contribution in [0.1, 0.15) is 34.6 Å². The summed E-state index contributed by atoms with van der Waals surface area (Å²) in [6.45, 7) is 11.5. The second-order valence-corrected chi connectivity index (χ2v) is 7.57. The van der Waals surface area contributed by atoms with Crippen molar-refractivity contribution in [3.05, 3.63) is 18.3 Å². The molecule has 0 aromatic carbocycles. The smallest absolute Gasteiger partial charge is 0.260 e. The fraction of sp³-hybridized carbons (Fsp3) is 0.667. The number of pyridine rings is 1. The molecule has 1 aromatic heterocycles. The minimum Gasteiger partial charge on any atom is -0.383 e. The van der Waals surface area contributed by atoms with Crippen LogP contribution in [0.15, 0.2) is 23.4 Å². The van der Waals surface area contributed by atoms with Gasteiger partial charge in [0.2, 0.25) is 0 Å². The summed E-state index contributed by atoms with van der Waals surface area (Å²) < 4.78 is 27.6. The Balaban J connectivity index is 2.92. The Morgan fingerprint density at radius 3 is 2.33 bits per heavy atom. The normalized spacial score (nSPS) is 12.4. The van der Waals surface area contributed by atoms with Crippen molar-refractivity contribution in [2.24, 2.45) is 17.8 Å². The fourth-order valence-corrected chi connectivity index (χ4v) is 3.62. The van der Waals surface area contributed by atoms with E-state index in [0.29, 0.717) is 36.5 Å². The first-order valence-corrected chi connectivity index (χ1v) is 8.96. The minimum atomic E-state index is -3.60. The van der Waals surface area contributed by atoms with Gasteiger partial charge in [0.05, 0.1) is 5.69 Å². The van der Waals surface area contributed by atoms with Gasteiger partial charge >= 0.3 is 0 Å². The van der Waals surface area contributed by atoms with Crippen molar-refractivity contribution in [3.63, 3.8) is 0 Å². The van der Waals surface area contributed by atoms with Crippen molar-refractivity contribution in [1.29, 1.82) is 0 Å². The van der Waals surface area contributed by atoms with E-state index in [1.54, 1.807) is 12.1 Å². The zero-order chi connectivity index (χ0) is 16.0. The van der Waals surface area contributed by atoms with Gasteiger partial charge in [0.15, 0.2) is 5.03 Å². The Labute approximate surface area is 128 Å². The lowest BCUT2D eigenvalue weighted by molar-refractivity contribution is 0.289. The van der Waals surface area contributed by atoms with E-state index in [-0.39, 0.29) is 5.03 Å². The van der Waals surface area contributed by atoms with Gasteiger partial charge in [0.1, 0.15) is 0 Å². The summed E-state index contributed by atoms with van der Waals surface area (Å²) in [7, 11) is -3.60. The van der Waals surface area contributed by atoms with E-state index in [0.717, 1.165) is 0 Å². The number of nitrogens with zero attached hydrogens (tertiary/aromatic N) is 1. The van der Waals surface area contributed by atoms with E-state index in [2.05, 4.69) is 42.7 Å². The first kappa shape index (κ1) is 17.9. The molecule has 1 rings (SSSR count). The summed E-state index contributed by atoms with van der Waals surface area (Å²) in [5.74, 6) is 1.14. The molecule has 0 aliphatic carbocycles. The molecule has 6 heteroatoms. The van der Waals surface area contributed by atoms with Crippen molar-refractivity contribution in [2.45, 2.75) is 39.6 Å². The van der Waals surface area contributed by atoms with E-state index >= 15 is 0 Å². The molecule has 0 aliphatic heterocycles. The van der Waals surface area contributed by atoms with E-state index in [1.165, 1.54) is 6.20 Å². The molecule has 0 bridgehead atoms. The van der Waals surface area contributed by atoms with Gasteiger partial charge in [-0.2, -0.15) is 0 Å². The van der Waals surface area contributed by atoms with Gasteiger partial charge in [0.25, 0.3) is 10.0 Å². The Morgan fingerprint density at radius 1 is 1.19 bits per heavy atom. The Kier molecular flexibility index (Phi) is 6.61. The molecule has 5 nitrogen and oxygen atoms in total. The van der Waals surface area contributed by atoms with Gasteiger partial charge in [-0.1, -0.05) is 27.7 Å². The highest BCUT2D eigenvalue weighted by Crippen LogP contribution is 2.22. The molecule has 0 atom stereocenters. The van der Waals surface area contributed by atoms with Crippen LogP contribution in [-0.4, -0.2) is 26.5 Å². The van der Waals surface area contributed by atoms with Crippen LogP contribution >= 0.6 is 0 Å². The molecule has 0 unspecified atom stereocenters. The van der Waals surface area contributed by atoms with Crippen LogP contribution in [0.4, 0.5) is 5.69 Å². The van der Waals surface area contributed by atoms with Crippen molar-refractivity contribution < 1.29 is 8.42 Å². The summed E-state index contributed by atoms with van der Waals surface area (Å²) in [5, 5.41) is 3.10. The molecule has 0 spiro atoms. The zero-order valence-corrected chi connectivity index (χ0v) is 14.4. The van der Waals surface area contributed by atoms with Crippen molar-refractivity contribution in [1.82, 2.24) is 9.71 Å². The molecule has 1 aromatic rings. The van der Waals surface area contributed by atoms with Gasteiger partial charge in [-0.05, 0) is 36.8 Å². The zero-order valence-electron chi connectivity index (χ0n) is 13.6. The van der Waals surface area contributed by atoms with Gasteiger partial charge in [-0.25, -0.2) is 18.1 Å². The molecule has 0 saturated carbocycles. The molecule has 0 aliphatic rings. The Hall–Kier alpha value is -1.14. The molecule has 0 saturated heterocycles. The van der Waals surface area contributed by atoms with E-state index in [1.807, 2.05) is 6.92 Å². The standard InChI is InChI=1S/C15H27N3O2S/c1-6-16-14-8-7-9-17-15(14)21(19,20)18-10-13(11(2)3)12(4)5/h7-9,11-13,16,18H,6,10H2,1-5H3. The topological polar surface area (TPSA) is 71.1 Å². The molecule has 0 fully saturated rings. The lowest BCUT2D eigenvalue weighted by atomic mass is 9.86. The second-order valence-electron chi connectivity index (χ2n) is 5.89. The average Bonchev–Trinajstić information content (AvgIpc) is 2.38. The van der Waals surface area contributed by atoms with Crippen LogP contribution in [-0.2, 0) is 10.0 Å². The number of anilines is 1. The predicted octanol–water partition coefficient (Wildman–Crippen LogP) is 2.72. The maximum Gasteiger partial charge on any atom is 0.260 e. The van der Waals surface area contributed by atoms with Crippen LogP contribution in [0, 0.1) is 17.8 Å². The quantitative estimate of drug-likeness (QED) is 0.774. The van der Waals surface area contributed by atoms with Crippen LogP contribution in [0.25, 0.3) is 0 Å². The summed E-state index contributed by atoms with van der Waals surface area (Å²) in [5.41, 5.74) is 0.540. The molecule has 2 N–H and O–H groups in total. The molecule has 21 heavy (non-hydrogen) atoms. The highest BCUT2D eigenvalue weighted by atomic mass is 32.2. The number of aromatic nitrogens is 1. The van der Waals surface area contributed by atoms with Crippen molar-refractivity contribution in [2.75, 3.05) is 18.4 Å². The SMILES string of the molecule is CCNc1cccnc1S(=O)(=O)NCC(C(C)C)C(C)C. The summed E-state index contributed by atoms with van der Waals surface area (Å²) in [6.07, 6.45) is 1.50. The molecular formula is C15H27N3O2S. The van der Waals surface area contributed by atoms with Crippen molar-refractivity contribution >= 4 is 15.7 Å². The lowest BCUT2D eigenvalue weighted by Gasteiger charge is -2.25. The predicted molar refractivity (Wildman–Crippen MR) is 86.8 cm³/mol. The lowest BCUT2D eigenvalue weighted by Crippen LogP contribution is -2.34. The van der Waals surface area contributed by atoms with Gasteiger partial charge in [0, 0.05) is 19.3 Å². The van der Waals surface area contributed by atoms with E-state index in [9.17, 15) is 8.42 Å². The number of nitrogens with one attached hydrogen (secondary N) is 2. The van der Waals surface area contributed by atoms with Crippen LogP contribution in [0.5, 0.6) is 0 Å². The monoisotopic (exact) mass is 313 g/mol. The number of rotatable bonds is 8. The Morgan fingerprint density at radius 2 is 1.81 bits per heavy atom. The third-order valence-corrected chi connectivity index (χ3v) is 5.00. The van der Waals surface area contributed by atoms with Crippen LogP contribution in [0.3, 0.4) is 0 Å². The average molecular weight is 313 g/mol. The fourth-order valence-electron chi connectivity index (χ4n) is 2.45.